The lowest BCUT2D eigenvalue weighted by atomic mass is 9.63. The van der Waals surface area contributed by atoms with Gasteiger partial charge in [-0.3, -0.25) is 0 Å². The van der Waals surface area contributed by atoms with E-state index in [0.29, 0.717) is 0 Å². The van der Waals surface area contributed by atoms with Crippen molar-refractivity contribution in [2.45, 2.75) is 52.0 Å². The molecule has 1 N–H and O–H groups in total. The zero-order valence-corrected chi connectivity index (χ0v) is 16.4. The summed E-state index contributed by atoms with van der Waals surface area (Å²) in [6.07, 6.45) is 2.23. The molecule has 0 saturated heterocycles. The molecule has 0 heterocycles. The van der Waals surface area contributed by atoms with E-state index in [9.17, 15) is 22.4 Å². The number of hydrogen-bond acceptors (Lipinski definition) is 1. The van der Waals surface area contributed by atoms with Crippen LogP contribution in [0.5, 0.6) is 0 Å². The second-order valence-corrected chi connectivity index (χ2v) is 9.98. The first-order valence-electron chi connectivity index (χ1n) is 7.76. The Kier molecular flexibility index (Phi) is 7.90. The Labute approximate surface area is 146 Å². The standard InChI is InChI=1S/C17H29OS.BF4/c1-15(2,3)17(18,16(4,5)6)13-19(7)14-11-9-8-10-12-14;2-1(3,4)5/h8-12,18H,13H2,1-7H3;/q+1;-1. The summed E-state index contributed by atoms with van der Waals surface area (Å²) in [5.74, 6) is 0.810. The predicted molar refractivity (Wildman–Crippen MR) is 96.9 cm³/mol. The van der Waals surface area contributed by atoms with E-state index in [4.69, 9.17) is 0 Å². The summed E-state index contributed by atoms with van der Waals surface area (Å²) < 4.78 is 39.0. The van der Waals surface area contributed by atoms with E-state index in [1.807, 2.05) is 6.07 Å². The van der Waals surface area contributed by atoms with Crippen LogP contribution in [0.1, 0.15) is 41.5 Å². The van der Waals surface area contributed by atoms with Crippen LogP contribution in [0.15, 0.2) is 35.2 Å². The van der Waals surface area contributed by atoms with Crippen LogP contribution in [0.25, 0.3) is 0 Å². The number of rotatable bonds is 3. The van der Waals surface area contributed by atoms with Gasteiger partial charge >= 0.3 is 7.25 Å². The monoisotopic (exact) mass is 368 g/mol. The van der Waals surface area contributed by atoms with Crippen molar-refractivity contribution >= 4 is 18.1 Å². The molecule has 0 radical (unpaired) electrons. The maximum absolute atomic E-state index is 11.3. The van der Waals surface area contributed by atoms with Crippen molar-refractivity contribution in [2.24, 2.45) is 10.8 Å². The van der Waals surface area contributed by atoms with Gasteiger partial charge in [-0.05, 0) is 23.0 Å². The van der Waals surface area contributed by atoms with Crippen LogP contribution in [-0.4, -0.2) is 30.0 Å². The summed E-state index contributed by atoms with van der Waals surface area (Å²) in [6.45, 7) is 12.8. The van der Waals surface area contributed by atoms with Crippen LogP contribution in [0, 0.1) is 10.8 Å². The molecular formula is C17H29BF4OS. The molecule has 0 spiro atoms. The Morgan fingerprint density at radius 2 is 1.21 bits per heavy atom. The molecule has 1 unspecified atom stereocenters. The van der Waals surface area contributed by atoms with Gasteiger partial charge in [-0.15, -0.1) is 0 Å². The van der Waals surface area contributed by atoms with E-state index in [1.54, 1.807) is 0 Å². The highest BCUT2D eigenvalue weighted by Crippen LogP contribution is 2.45. The molecule has 0 saturated carbocycles. The Morgan fingerprint density at radius 1 is 0.875 bits per heavy atom. The van der Waals surface area contributed by atoms with Crippen molar-refractivity contribution in [1.29, 1.82) is 0 Å². The van der Waals surface area contributed by atoms with E-state index in [0.717, 1.165) is 5.75 Å². The lowest BCUT2D eigenvalue weighted by molar-refractivity contribution is -0.117. The minimum absolute atomic E-state index is 0.0542. The molecule has 7 heteroatoms. The van der Waals surface area contributed by atoms with E-state index in [1.165, 1.54) is 4.90 Å². The van der Waals surface area contributed by atoms with Crippen molar-refractivity contribution in [3.8, 4) is 0 Å². The Hall–Kier alpha value is -0.685. The average molecular weight is 368 g/mol. The second-order valence-electron chi connectivity index (χ2n) is 7.95. The molecule has 1 atom stereocenters. The fourth-order valence-corrected chi connectivity index (χ4v) is 4.89. The minimum atomic E-state index is -6.00. The van der Waals surface area contributed by atoms with Crippen molar-refractivity contribution in [3.63, 3.8) is 0 Å². The van der Waals surface area contributed by atoms with Gasteiger partial charge in [-0.25, -0.2) is 0 Å². The summed E-state index contributed by atoms with van der Waals surface area (Å²) in [6, 6.07) is 10.5. The molecule has 0 aliphatic rings. The van der Waals surface area contributed by atoms with Gasteiger partial charge in [0.2, 0.25) is 0 Å². The molecule has 0 fully saturated rings. The van der Waals surface area contributed by atoms with Gasteiger partial charge in [0.1, 0.15) is 17.6 Å². The smallest absolute Gasteiger partial charge is 0.418 e. The van der Waals surface area contributed by atoms with Gasteiger partial charge in [0.15, 0.2) is 4.90 Å². The Bertz CT molecular complexity index is 472. The van der Waals surface area contributed by atoms with E-state index < -0.39 is 12.9 Å². The molecular weight excluding hydrogens is 339 g/mol. The molecule has 1 rings (SSSR count). The van der Waals surface area contributed by atoms with Crippen LogP contribution in [-0.2, 0) is 10.9 Å². The quantitative estimate of drug-likeness (QED) is 0.429. The molecule has 1 nitrogen and oxygen atoms in total. The van der Waals surface area contributed by atoms with Crippen molar-refractivity contribution in [2.75, 3.05) is 12.0 Å². The third-order valence-corrected chi connectivity index (χ3v) is 5.98. The number of hydrogen-bond donors (Lipinski definition) is 1. The third kappa shape index (κ3) is 7.47. The number of benzene rings is 1. The first-order valence-corrected chi connectivity index (χ1v) is 9.56. The molecule has 24 heavy (non-hydrogen) atoms. The van der Waals surface area contributed by atoms with Crippen molar-refractivity contribution < 1.29 is 22.4 Å². The molecule has 1 aromatic rings. The summed E-state index contributed by atoms with van der Waals surface area (Å²) in [5, 5.41) is 11.3. The molecule has 0 aromatic heterocycles. The summed E-state index contributed by atoms with van der Waals surface area (Å²) >= 11 is 0. The van der Waals surface area contributed by atoms with Crippen LogP contribution in [0.3, 0.4) is 0 Å². The van der Waals surface area contributed by atoms with Crippen molar-refractivity contribution in [1.82, 2.24) is 0 Å². The van der Waals surface area contributed by atoms with Crippen LogP contribution in [0.4, 0.5) is 17.3 Å². The third-order valence-electron chi connectivity index (χ3n) is 4.05. The largest absolute Gasteiger partial charge is 0.673 e. The molecule has 1 aromatic carbocycles. The number of aliphatic hydroxyl groups is 1. The van der Waals surface area contributed by atoms with Gasteiger partial charge in [0.25, 0.3) is 0 Å². The first kappa shape index (κ1) is 23.3. The lowest BCUT2D eigenvalue weighted by Crippen LogP contribution is -2.57. The Morgan fingerprint density at radius 3 is 1.50 bits per heavy atom. The predicted octanol–water partition coefficient (Wildman–Crippen LogP) is 5.42. The van der Waals surface area contributed by atoms with E-state index >= 15 is 0 Å². The van der Waals surface area contributed by atoms with Gasteiger partial charge in [-0.2, -0.15) is 0 Å². The molecule has 0 aliphatic heterocycles. The van der Waals surface area contributed by atoms with Crippen LogP contribution >= 0.6 is 0 Å². The van der Waals surface area contributed by atoms with E-state index in [-0.39, 0.29) is 21.7 Å². The minimum Gasteiger partial charge on any atom is -0.418 e. The summed E-state index contributed by atoms with van der Waals surface area (Å²) in [7, 11) is -5.95. The average Bonchev–Trinajstić information content (AvgIpc) is 2.35. The van der Waals surface area contributed by atoms with Gasteiger partial charge in [0, 0.05) is 10.9 Å². The summed E-state index contributed by atoms with van der Waals surface area (Å²) in [5.41, 5.74) is -0.962. The fourth-order valence-electron chi connectivity index (χ4n) is 2.61. The fraction of sp³-hybridized carbons (Fsp3) is 0.647. The molecule has 140 valence electrons. The normalized spacial score (nSPS) is 14.7. The topological polar surface area (TPSA) is 20.2 Å². The van der Waals surface area contributed by atoms with Gasteiger partial charge < -0.3 is 22.4 Å². The maximum Gasteiger partial charge on any atom is 0.673 e. The lowest BCUT2D eigenvalue weighted by Gasteiger charge is -2.48. The van der Waals surface area contributed by atoms with Crippen LogP contribution < -0.4 is 0 Å². The summed E-state index contributed by atoms with van der Waals surface area (Å²) in [4.78, 5) is 1.33. The zero-order valence-electron chi connectivity index (χ0n) is 15.5. The van der Waals surface area contributed by atoms with Gasteiger partial charge in [-0.1, -0.05) is 59.7 Å². The Balaban J connectivity index is 0.000000922. The zero-order chi connectivity index (χ0) is 19.4. The SMILES string of the molecule is C[S+](CC(O)(C(C)(C)C)C(C)(C)C)c1ccccc1.F[B-](F)(F)F. The highest BCUT2D eigenvalue weighted by atomic mass is 32.2. The van der Waals surface area contributed by atoms with E-state index in [2.05, 4.69) is 72.1 Å². The highest BCUT2D eigenvalue weighted by Gasteiger charge is 2.53. The molecule has 0 bridgehead atoms. The van der Waals surface area contributed by atoms with Crippen LogP contribution in [0.2, 0.25) is 0 Å². The van der Waals surface area contributed by atoms with Gasteiger partial charge in [0.05, 0.1) is 0 Å². The molecule has 0 amide bonds. The first-order chi connectivity index (χ1) is 10.5. The molecule has 0 aliphatic carbocycles. The number of halogens is 4. The second kappa shape index (κ2) is 8.13. The maximum atomic E-state index is 11.3. The van der Waals surface area contributed by atoms with Crippen molar-refractivity contribution in [3.05, 3.63) is 30.3 Å². The highest BCUT2D eigenvalue weighted by molar-refractivity contribution is 7.96.